The van der Waals surface area contributed by atoms with Crippen molar-refractivity contribution < 1.29 is 28.4 Å². The molecule has 0 saturated carbocycles. The molecule has 0 N–H and O–H groups in total. The summed E-state index contributed by atoms with van der Waals surface area (Å²) in [5.74, 6) is 1.56. The fourth-order valence-electron chi connectivity index (χ4n) is 8.22. The molecule has 0 fully saturated rings. The number of hydrogen-bond donors (Lipinski definition) is 0. The van der Waals surface area contributed by atoms with Gasteiger partial charge in [-0.25, -0.2) is 9.97 Å². The van der Waals surface area contributed by atoms with Crippen molar-refractivity contribution in [3.8, 4) is 45.1 Å². The summed E-state index contributed by atoms with van der Waals surface area (Å²) in [6.45, 7) is 11.0. The molecule has 0 spiro atoms. The van der Waals surface area contributed by atoms with Gasteiger partial charge in [0.1, 0.15) is 24.7 Å². The van der Waals surface area contributed by atoms with Gasteiger partial charge < -0.3 is 33.3 Å². The SMILES string of the molecule is CC1(C)c2ccccc2-c2ccc(N3CCOCCOCCOc4ccc(cc4)-c4ccc5ccc6ccc(nc6c5n4)-c4ccc(cc4)OCCOCCOCC3)cc21. The van der Waals surface area contributed by atoms with Gasteiger partial charge in [-0.2, -0.15) is 0 Å². The molecule has 0 radical (unpaired) electrons. The highest BCUT2D eigenvalue weighted by Crippen LogP contribution is 2.49. The molecule has 9 heteroatoms. The summed E-state index contributed by atoms with van der Waals surface area (Å²) in [6.07, 6.45) is 0. The first-order valence-corrected chi connectivity index (χ1v) is 21.0. The third-order valence-electron chi connectivity index (χ3n) is 11.5. The molecule has 306 valence electrons. The first-order valence-electron chi connectivity index (χ1n) is 21.0. The van der Waals surface area contributed by atoms with Crippen molar-refractivity contribution in [3.05, 3.63) is 139 Å². The van der Waals surface area contributed by atoms with Crippen molar-refractivity contribution in [2.45, 2.75) is 19.3 Å². The van der Waals surface area contributed by atoms with Crippen molar-refractivity contribution in [2.24, 2.45) is 0 Å². The molecule has 7 aromatic rings. The lowest BCUT2D eigenvalue weighted by atomic mass is 9.82. The van der Waals surface area contributed by atoms with Crippen LogP contribution in [-0.2, 0) is 24.4 Å². The Morgan fingerprint density at radius 2 is 0.917 bits per heavy atom. The standard InChI is InChI=1S/C51H51N3O6/c1-51(2)45-6-4-3-5-43(45)44-20-15-40(35-46(44)51)54-23-25-55-27-29-57-31-33-59-41-16-9-36(10-17-41)47-21-13-38-7-8-39-14-22-48(53-50(39)49(38)52-47)37-11-18-42(19-12-37)60-34-32-58-30-28-56-26-24-54/h3-22,35H,23-34H2,1-2H3. The number of pyridine rings is 2. The van der Waals surface area contributed by atoms with Gasteiger partial charge in [-0.15, -0.1) is 0 Å². The second-order valence-corrected chi connectivity index (χ2v) is 15.7. The van der Waals surface area contributed by atoms with Crippen LogP contribution in [0.4, 0.5) is 5.69 Å². The lowest BCUT2D eigenvalue weighted by Crippen LogP contribution is -2.32. The van der Waals surface area contributed by atoms with Crippen LogP contribution in [0.2, 0.25) is 0 Å². The molecule has 4 aliphatic rings. The van der Waals surface area contributed by atoms with Gasteiger partial charge in [-0.1, -0.05) is 68.4 Å². The highest BCUT2D eigenvalue weighted by molar-refractivity contribution is 6.04. The molecule has 8 bridgehead atoms. The third kappa shape index (κ3) is 8.72. The Kier molecular flexibility index (Phi) is 12.0. The Morgan fingerprint density at radius 1 is 0.450 bits per heavy atom. The zero-order valence-corrected chi connectivity index (χ0v) is 34.4. The molecule has 0 amide bonds. The van der Waals surface area contributed by atoms with E-state index in [1.54, 1.807) is 0 Å². The smallest absolute Gasteiger partial charge is 0.119 e. The fraction of sp³-hybridized carbons (Fsp3) is 0.294. The van der Waals surface area contributed by atoms with E-state index < -0.39 is 0 Å². The van der Waals surface area contributed by atoms with E-state index in [1.165, 1.54) is 22.3 Å². The summed E-state index contributed by atoms with van der Waals surface area (Å²) in [7, 11) is 0. The van der Waals surface area contributed by atoms with Crippen LogP contribution in [0.5, 0.6) is 11.5 Å². The minimum Gasteiger partial charge on any atom is -0.491 e. The van der Waals surface area contributed by atoms with Gasteiger partial charge in [-0.05, 0) is 95.1 Å². The predicted molar refractivity (Wildman–Crippen MR) is 238 cm³/mol. The molecule has 0 saturated heterocycles. The predicted octanol–water partition coefficient (Wildman–Crippen LogP) is 9.77. The van der Waals surface area contributed by atoms with Crippen molar-refractivity contribution >= 4 is 27.5 Å². The third-order valence-corrected chi connectivity index (χ3v) is 11.5. The van der Waals surface area contributed by atoms with Crippen LogP contribution in [0, 0.1) is 0 Å². The molecule has 60 heavy (non-hydrogen) atoms. The summed E-state index contributed by atoms with van der Waals surface area (Å²) < 4.78 is 35.9. The molecule has 1 aliphatic carbocycles. The zero-order chi connectivity index (χ0) is 40.7. The van der Waals surface area contributed by atoms with Gasteiger partial charge >= 0.3 is 0 Å². The summed E-state index contributed by atoms with van der Waals surface area (Å²) in [5.41, 5.74) is 11.9. The monoisotopic (exact) mass is 801 g/mol. The average molecular weight is 802 g/mol. The maximum atomic E-state index is 6.07. The molecule has 3 aliphatic heterocycles. The summed E-state index contributed by atoms with van der Waals surface area (Å²) in [6, 6.07) is 44.2. The summed E-state index contributed by atoms with van der Waals surface area (Å²) in [4.78, 5) is 12.6. The quantitative estimate of drug-likeness (QED) is 0.151. The van der Waals surface area contributed by atoms with Crippen molar-refractivity contribution in [3.63, 3.8) is 0 Å². The molecule has 0 atom stereocenters. The highest BCUT2D eigenvalue weighted by atomic mass is 16.5. The minimum atomic E-state index is -0.0744. The van der Waals surface area contributed by atoms with Gasteiger partial charge in [0.15, 0.2) is 0 Å². The number of benzene rings is 5. The molecular weight excluding hydrogens is 751 g/mol. The number of aromatic nitrogens is 2. The van der Waals surface area contributed by atoms with Gasteiger partial charge in [0.2, 0.25) is 0 Å². The van der Waals surface area contributed by atoms with Crippen LogP contribution in [0.15, 0.2) is 127 Å². The molecule has 9 nitrogen and oxygen atoms in total. The van der Waals surface area contributed by atoms with Gasteiger partial charge in [0.25, 0.3) is 0 Å². The van der Waals surface area contributed by atoms with Crippen LogP contribution in [0.1, 0.15) is 25.0 Å². The Hall–Kier alpha value is -5.84. The van der Waals surface area contributed by atoms with Gasteiger partial charge in [0, 0.05) is 46.1 Å². The Morgan fingerprint density at radius 3 is 1.47 bits per heavy atom. The molecule has 11 rings (SSSR count). The maximum absolute atomic E-state index is 6.07. The maximum Gasteiger partial charge on any atom is 0.119 e. The van der Waals surface area contributed by atoms with Crippen LogP contribution in [-0.4, -0.2) is 89.1 Å². The van der Waals surface area contributed by atoms with E-state index >= 15 is 0 Å². The molecular formula is C51H51N3O6. The Labute approximate surface area is 351 Å². The molecule has 2 aromatic heterocycles. The first-order chi connectivity index (χ1) is 29.5. The van der Waals surface area contributed by atoms with E-state index in [9.17, 15) is 0 Å². The fourth-order valence-corrected chi connectivity index (χ4v) is 8.22. The van der Waals surface area contributed by atoms with E-state index in [-0.39, 0.29) is 5.41 Å². The number of fused-ring (bicyclic) bond motifs is 5. The second kappa shape index (κ2) is 18.2. The van der Waals surface area contributed by atoms with Crippen molar-refractivity contribution in [2.75, 3.05) is 84.1 Å². The first kappa shape index (κ1) is 39.6. The van der Waals surface area contributed by atoms with Crippen LogP contribution >= 0.6 is 0 Å². The van der Waals surface area contributed by atoms with Gasteiger partial charge in [-0.3, -0.25) is 0 Å². The zero-order valence-electron chi connectivity index (χ0n) is 34.4. The normalized spacial score (nSPS) is 16.8. The number of ether oxygens (including phenoxy) is 6. The highest BCUT2D eigenvalue weighted by Gasteiger charge is 2.35. The van der Waals surface area contributed by atoms with Crippen molar-refractivity contribution in [1.82, 2.24) is 9.97 Å². The summed E-state index contributed by atoms with van der Waals surface area (Å²) in [5, 5.41) is 2.08. The minimum absolute atomic E-state index is 0.0744. The van der Waals surface area contributed by atoms with Crippen LogP contribution in [0.3, 0.4) is 0 Å². The number of hydrogen-bond acceptors (Lipinski definition) is 9. The molecule has 0 unspecified atom stereocenters. The number of rotatable bonds is 1. The van der Waals surface area contributed by atoms with E-state index in [1.807, 2.05) is 48.5 Å². The molecule has 5 aromatic carbocycles. The molecule has 5 heterocycles. The largest absolute Gasteiger partial charge is 0.491 e. The van der Waals surface area contributed by atoms with E-state index in [0.29, 0.717) is 66.1 Å². The Balaban J connectivity index is 0.872. The van der Waals surface area contributed by atoms with Gasteiger partial charge in [0.05, 0.1) is 75.3 Å². The van der Waals surface area contributed by atoms with Crippen molar-refractivity contribution in [1.29, 1.82) is 0 Å². The Bertz CT molecular complexity index is 2430. The summed E-state index contributed by atoms with van der Waals surface area (Å²) >= 11 is 0. The number of anilines is 1. The average Bonchev–Trinajstić information content (AvgIpc) is 3.52. The van der Waals surface area contributed by atoms with Crippen LogP contribution < -0.4 is 14.4 Å². The van der Waals surface area contributed by atoms with Crippen LogP contribution in [0.25, 0.3) is 55.4 Å². The van der Waals surface area contributed by atoms with E-state index in [2.05, 4.69) is 97.6 Å². The lowest BCUT2D eigenvalue weighted by molar-refractivity contribution is 0.0347. The lowest BCUT2D eigenvalue weighted by Gasteiger charge is -2.27. The van der Waals surface area contributed by atoms with E-state index in [4.69, 9.17) is 38.4 Å². The number of nitrogens with zero attached hydrogens (tertiary/aromatic N) is 3. The second-order valence-electron chi connectivity index (χ2n) is 15.7. The van der Waals surface area contributed by atoms with E-state index in [0.717, 1.165) is 74.6 Å². The topological polar surface area (TPSA) is 84.4 Å².